The molecule has 0 aromatic heterocycles. The third-order valence-corrected chi connectivity index (χ3v) is 18.2. The van der Waals surface area contributed by atoms with Crippen LogP contribution >= 0.6 is 0 Å². The second-order valence-electron chi connectivity index (χ2n) is 26.4. The molecule has 1 saturated heterocycles. The molecule has 7 unspecified atom stereocenters. The lowest BCUT2D eigenvalue weighted by Crippen LogP contribution is -2.60. The fourth-order valence-corrected chi connectivity index (χ4v) is 12.3. The molecule has 1 rings (SSSR count). The zero-order chi connectivity index (χ0) is 61.4. The Kier molecular flexibility index (Phi) is 62.6. The first-order valence-corrected chi connectivity index (χ1v) is 37.7. The van der Waals surface area contributed by atoms with Crippen molar-refractivity contribution in [2.75, 3.05) is 13.2 Å². The first kappa shape index (κ1) is 81.4. The second kappa shape index (κ2) is 65.4. The SMILES string of the molecule is CCCCCCCCCCCCCCCCCCC/C=C/CC/C=C/C(O)C(COC1OC(CO)C(O)C(O)C1O)NC(=O)CCCCCCCCCCCCCCCCCCC/C=C\CCCCCCCCCCCCCCCCCCCC. The van der Waals surface area contributed by atoms with E-state index in [1.165, 1.54) is 327 Å². The summed E-state index contributed by atoms with van der Waals surface area (Å²) in [6, 6.07) is -0.822. The van der Waals surface area contributed by atoms with Gasteiger partial charge < -0.3 is 40.3 Å². The van der Waals surface area contributed by atoms with Gasteiger partial charge in [-0.15, -0.1) is 0 Å². The van der Waals surface area contributed by atoms with Gasteiger partial charge in [0.05, 0.1) is 25.4 Å². The highest BCUT2D eigenvalue weighted by molar-refractivity contribution is 5.76. The van der Waals surface area contributed by atoms with E-state index in [1.54, 1.807) is 6.08 Å². The number of hydrogen-bond donors (Lipinski definition) is 6. The first-order chi connectivity index (χ1) is 41.8. The number of unbranched alkanes of at least 4 members (excludes halogenated alkanes) is 53. The Hall–Kier alpha value is -1.59. The summed E-state index contributed by atoms with van der Waals surface area (Å²) >= 11 is 0. The predicted molar refractivity (Wildman–Crippen MR) is 364 cm³/mol. The highest BCUT2D eigenvalue weighted by Crippen LogP contribution is 2.24. The number of ether oxygens (including phenoxy) is 2. The normalized spacial score (nSPS) is 18.2. The van der Waals surface area contributed by atoms with Gasteiger partial charge in [0.1, 0.15) is 24.4 Å². The number of aliphatic hydroxyl groups excluding tert-OH is 5. The Morgan fingerprint density at radius 1 is 0.388 bits per heavy atom. The van der Waals surface area contributed by atoms with E-state index in [2.05, 4.69) is 43.5 Å². The van der Waals surface area contributed by atoms with E-state index in [0.717, 1.165) is 38.5 Å². The third kappa shape index (κ3) is 53.9. The number of amides is 1. The van der Waals surface area contributed by atoms with Crippen molar-refractivity contribution < 1.29 is 39.8 Å². The average molecular weight is 1200 g/mol. The van der Waals surface area contributed by atoms with E-state index in [0.29, 0.717) is 6.42 Å². The van der Waals surface area contributed by atoms with Crippen LogP contribution in [-0.2, 0) is 14.3 Å². The Bertz CT molecular complexity index is 1440. The van der Waals surface area contributed by atoms with E-state index in [9.17, 15) is 30.3 Å². The fourth-order valence-electron chi connectivity index (χ4n) is 12.3. The van der Waals surface area contributed by atoms with E-state index in [1.807, 2.05) is 6.08 Å². The Morgan fingerprint density at radius 2 is 0.671 bits per heavy atom. The molecular weight excluding hydrogens is 1050 g/mol. The summed E-state index contributed by atoms with van der Waals surface area (Å²) in [4.78, 5) is 13.1. The number of allylic oxidation sites excluding steroid dienone is 5. The highest BCUT2D eigenvalue weighted by atomic mass is 16.7. The molecule has 1 fully saturated rings. The summed E-state index contributed by atoms with van der Waals surface area (Å²) in [6.07, 6.45) is 81.5. The Morgan fingerprint density at radius 3 is 0.988 bits per heavy atom. The van der Waals surface area contributed by atoms with Crippen molar-refractivity contribution >= 4 is 5.91 Å². The van der Waals surface area contributed by atoms with Crippen molar-refractivity contribution in [3.8, 4) is 0 Å². The minimum Gasteiger partial charge on any atom is -0.394 e. The minimum atomic E-state index is -1.57. The third-order valence-electron chi connectivity index (χ3n) is 18.2. The number of carbonyl (C=O) groups excluding carboxylic acids is 1. The molecular formula is C76H145NO8. The summed E-state index contributed by atoms with van der Waals surface area (Å²) in [5.74, 6) is -0.179. The molecule has 0 bridgehead atoms. The topological polar surface area (TPSA) is 149 Å². The lowest BCUT2D eigenvalue weighted by atomic mass is 9.99. The largest absolute Gasteiger partial charge is 0.394 e. The Balaban J connectivity index is 2.07. The molecule has 1 amide bonds. The lowest BCUT2D eigenvalue weighted by Gasteiger charge is -2.40. The van der Waals surface area contributed by atoms with Gasteiger partial charge in [-0.2, -0.15) is 0 Å². The number of carbonyl (C=O) groups is 1. The molecule has 6 N–H and O–H groups in total. The van der Waals surface area contributed by atoms with Crippen LogP contribution in [0.2, 0.25) is 0 Å². The number of hydrogen-bond acceptors (Lipinski definition) is 8. The number of rotatable bonds is 67. The molecule has 0 saturated carbocycles. The van der Waals surface area contributed by atoms with E-state index in [4.69, 9.17) is 9.47 Å². The molecule has 1 aliphatic rings. The molecule has 9 heteroatoms. The monoisotopic (exact) mass is 1200 g/mol. The van der Waals surface area contributed by atoms with Gasteiger partial charge in [-0.05, 0) is 57.8 Å². The molecule has 0 aliphatic carbocycles. The molecule has 7 atom stereocenters. The van der Waals surface area contributed by atoms with Crippen LogP contribution in [0.25, 0.3) is 0 Å². The predicted octanol–water partition coefficient (Wildman–Crippen LogP) is 21.0. The summed E-state index contributed by atoms with van der Waals surface area (Å²) < 4.78 is 11.3. The number of aliphatic hydroxyl groups is 5. The van der Waals surface area contributed by atoms with Crippen molar-refractivity contribution in [1.82, 2.24) is 5.32 Å². The first-order valence-electron chi connectivity index (χ1n) is 37.7. The van der Waals surface area contributed by atoms with Gasteiger partial charge in [0.15, 0.2) is 6.29 Å². The molecule has 0 spiro atoms. The van der Waals surface area contributed by atoms with E-state index in [-0.39, 0.29) is 12.5 Å². The van der Waals surface area contributed by atoms with E-state index < -0.39 is 49.5 Å². The van der Waals surface area contributed by atoms with Crippen LogP contribution in [0.5, 0.6) is 0 Å². The van der Waals surface area contributed by atoms with Crippen LogP contribution in [0.1, 0.15) is 386 Å². The Labute approximate surface area is 527 Å². The molecule has 0 aromatic rings. The van der Waals surface area contributed by atoms with Crippen LogP contribution in [0.4, 0.5) is 0 Å². The van der Waals surface area contributed by atoms with Crippen LogP contribution in [0.15, 0.2) is 36.5 Å². The maximum atomic E-state index is 13.1. The fraction of sp³-hybridized carbons (Fsp3) is 0.908. The van der Waals surface area contributed by atoms with Gasteiger partial charge in [0, 0.05) is 6.42 Å². The van der Waals surface area contributed by atoms with Gasteiger partial charge in [-0.3, -0.25) is 4.79 Å². The van der Waals surface area contributed by atoms with E-state index >= 15 is 0 Å². The average Bonchev–Trinajstić information content (AvgIpc) is 3.55. The van der Waals surface area contributed by atoms with Crippen molar-refractivity contribution in [2.45, 2.75) is 429 Å². The van der Waals surface area contributed by atoms with Crippen molar-refractivity contribution in [3.05, 3.63) is 36.5 Å². The minimum absolute atomic E-state index is 0.179. The lowest BCUT2D eigenvalue weighted by molar-refractivity contribution is -0.302. The molecule has 1 heterocycles. The molecule has 9 nitrogen and oxygen atoms in total. The molecule has 0 aromatic carbocycles. The number of nitrogens with one attached hydrogen (secondary N) is 1. The van der Waals surface area contributed by atoms with Crippen LogP contribution in [-0.4, -0.2) is 87.5 Å². The van der Waals surface area contributed by atoms with Gasteiger partial charge in [-0.1, -0.05) is 359 Å². The zero-order valence-electron chi connectivity index (χ0n) is 56.4. The zero-order valence-corrected chi connectivity index (χ0v) is 56.4. The molecule has 1 aliphatic heterocycles. The maximum Gasteiger partial charge on any atom is 0.220 e. The van der Waals surface area contributed by atoms with Gasteiger partial charge in [0.2, 0.25) is 5.91 Å². The van der Waals surface area contributed by atoms with Gasteiger partial charge >= 0.3 is 0 Å². The van der Waals surface area contributed by atoms with Crippen LogP contribution in [0.3, 0.4) is 0 Å². The van der Waals surface area contributed by atoms with Crippen LogP contribution in [0, 0.1) is 0 Å². The maximum absolute atomic E-state index is 13.1. The molecule has 502 valence electrons. The second-order valence-corrected chi connectivity index (χ2v) is 26.4. The summed E-state index contributed by atoms with van der Waals surface area (Å²) in [5, 5.41) is 54.8. The standard InChI is InChI=1S/C76H145NO8/c1-3-5-7-9-11-13-15-17-19-21-23-25-27-28-29-30-31-32-33-34-35-36-37-38-39-40-41-42-44-46-48-50-52-54-56-58-60-62-64-66-72(80)77-69(68-84-76-75(83)74(82)73(81)71(67-78)85-76)70(79)65-63-61-59-57-55-53-51-49-47-45-43-26-24-22-20-18-16-14-12-10-8-6-4-2/h34-35,55,57,63,65,69-71,73-76,78-79,81-83H,3-33,36-54,56,58-62,64,66-68H2,1-2H3,(H,77,80)/b35-34-,57-55+,65-63+. The van der Waals surface area contributed by atoms with Gasteiger partial charge in [0.25, 0.3) is 0 Å². The summed E-state index contributed by atoms with van der Waals surface area (Å²) in [6.45, 7) is 3.82. The van der Waals surface area contributed by atoms with Crippen molar-refractivity contribution in [1.29, 1.82) is 0 Å². The van der Waals surface area contributed by atoms with Gasteiger partial charge in [-0.25, -0.2) is 0 Å². The quantitative estimate of drug-likeness (QED) is 0.0261. The van der Waals surface area contributed by atoms with Crippen molar-refractivity contribution in [2.24, 2.45) is 0 Å². The van der Waals surface area contributed by atoms with Crippen LogP contribution < -0.4 is 5.32 Å². The summed E-state index contributed by atoms with van der Waals surface area (Å²) in [5.41, 5.74) is 0. The smallest absolute Gasteiger partial charge is 0.220 e. The molecule has 85 heavy (non-hydrogen) atoms. The molecule has 0 radical (unpaired) electrons. The summed E-state index contributed by atoms with van der Waals surface area (Å²) in [7, 11) is 0. The van der Waals surface area contributed by atoms with Crippen molar-refractivity contribution in [3.63, 3.8) is 0 Å². The highest BCUT2D eigenvalue weighted by Gasteiger charge is 2.44.